The van der Waals surface area contributed by atoms with E-state index in [0.29, 0.717) is 68.2 Å². The lowest BCUT2D eigenvalue weighted by Gasteiger charge is -2.40. The van der Waals surface area contributed by atoms with Crippen molar-refractivity contribution in [3.63, 3.8) is 0 Å². The number of hydrogen-bond donors (Lipinski definition) is 1. The molecule has 9 heteroatoms. The van der Waals surface area contributed by atoms with Crippen molar-refractivity contribution in [2.75, 3.05) is 18.1 Å². The Morgan fingerprint density at radius 2 is 1.56 bits per heavy atom. The molecule has 1 aromatic rings. The van der Waals surface area contributed by atoms with E-state index in [1.54, 1.807) is 11.0 Å². The van der Waals surface area contributed by atoms with E-state index in [1.165, 1.54) is 0 Å². The monoisotopic (exact) mass is 577 g/mol. The quantitative estimate of drug-likeness (QED) is 0.422. The zero-order valence-electron chi connectivity index (χ0n) is 23.7. The summed E-state index contributed by atoms with van der Waals surface area (Å²) in [6.45, 7) is 9.18. The smallest absolute Gasteiger partial charge is 0.348 e. The summed E-state index contributed by atoms with van der Waals surface area (Å²) in [6.07, 6.45) is 6.71. The first kappa shape index (κ1) is 30.1. The van der Waals surface area contributed by atoms with Crippen molar-refractivity contribution < 1.29 is 27.9 Å². The van der Waals surface area contributed by atoms with Crippen LogP contribution in [-0.2, 0) is 19.4 Å². The molecule has 4 rings (SSSR count). The van der Waals surface area contributed by atoms with Crippen molar-refractivity contribution in [2.45, 2.75) is 108 Å². The Morgan fingerprint density at radius 1 is 0.974 bits per heavy atom. The minimum Gasteiger partial charge on any atom is -0.477 e. The van der Waals surface area contributed by atoms with Crippen LogP contribution in [0.1, 0.15) is 106 Å². The van der Waals surface area contributed by atoms with E-state index in [0.717, 1.165) is 37.0 Å². The number of rotatable bonds is 6. The maximum Gasteiger partial charge on any atom is 0.348 e. The molecular formula is C30H43NO6S2. The lowest BCUT2D eigenvalue weighted by molar-refractivity contribution is -0.124. The molecule has 1 aromatic heterocycles. The first-order valence-electron chi connectivity index (χ1n) is 14.4. The Hall–Kier alpha value is -1.89. The fraction of sp³-hybridized carbons (Fsp3) is 0.733. The largest absolute Gasteiger partial charge is 0.477 e. The molecule has 0 aromatic carbocycles. The lowest BCUT2D eigenvalue weighted by Crippen LogP contribution is -2.48. The van der Waals surface area contributed by atoms with Crippen LogP contribution < -0.4 is 4.90 Å². The number of thiophene rings is 1. The molecule has 1 aliphatic heterocycles. The summed E-state index contributed by atoms with van der Waals surface area (Å²) < 4.78 is 32.1. The molecule has 2 heterocycles. The third-order valence-corrected chi connectivity index (χ3v) is 12.3. The molecule has 3 aliphatic rings. The van der Waals surface area contributed by atoms with Crippen molar-refractivity contribution in [1.82, 2.24) is 0 Å². The molecule has 0 spiro atoms. The second-order valence-corrected chi connectivity index (χ2v) is 16.2. The first-order chi connectivity index (χ1) is 18.4. The summed E-state index contributed by atoms with van der Waals surface area (Å²) in [5.41, 5.74) is 0.181. The lowest BCUT2D eigenvalue weighted by atomic mass is 9.81. The Labute approximate surface area is 237 Å². The average molecular weight is 578 g/mol. The van der Waals surface area contributed by atoms with Crippen LogP contribution in [0, 0.1) is 29.1 Å². The van der Waals surface area contributed by atoms with E-state index < -0.39 is 21.1 Å². The molecular weight excluding hydrogens is 534 g/mol. The van der Waals surface area contributed by atoms with Crippen molar-refractivity contribution in [3.05, 3.63) is 15.8 Å². The zero-order valence-corrected chi connectivity index (χ0v) is 25.3. The van der Waals surface area contributed by atoms with E-state index in [9.17, 15) is 23.1 Å². The minimum atomic E-state index is -3.28. The van der Waals surface area contributed by atoms with Crippen molar-refractivity contribution in [2.24, 2.45) is 17.3 Å². The van der Waals surface area contributed by atoms with Gasteiger partial charge >= 0.3 is 5.97 Å². The summed E-state index contributed by atoms with van der Waals surface area (Å²) in [7, 11) is -3.28. The molecule has 1 N–H and O–H groups in total. The Kier molecular flexibility index (Phi) is 9.50. The van der Waals surface area contributed by atoms with Crippen molar-refractivity contribution >= 4 is 38.7 Å². The van der Waals surface area contributed by atoms with Gasteiger partial charge in [0.05, 0.1) is 21.1 Å². The molecule has 7 nitrogen and oxygen atoms in total. The number of hydrogen-bond acceptors (Lipinski definition) is 6. The van der Waals surface area contributed by atoms with Gasteiger partial charge in [-0.15, -0.1) is 11.3 Å². The number of anilines is 1. The summed E-state index contributed by atoms with van der Waals surface area (Å²) in [4.78, 5) is 29.0. The van der Waals surface area contributed by atoms with Gasteiger partial charge < -0.3 is 14.7 Å². The van der Waals surface area contributed by atoms with E-state index in [1.807, 2.05) is 20.8 Å². The Bertz CT molecular complexity index is 1200. The predicted octanol–water partition coefficient (Wildman–Crippen LogP) is 5.91. The molecule has 1 amide bonds. The van der Waals surface area contributed by atoms with Crippen LogP contribution in [0.25, 0.3) is 0 Å². The molecule has 2 saturated carbocycles. The molecule has 2 aliphatic carbocycles. The third-order valence-electron chi connectivity index (χ3n) is 8.44. The minimum absolute atomic E-state index is 0.0201. The molecule has 0 atom stereocenters. The second-order valence-electron chi connectivity index (χ2n) is 12.6. The number of aromatic carboxylic acids is 1. The van der Waals surface area contributed by atoms with Crippen LogP contribution in [0.4, 0.5) is 5.69 Å². The molecule has 216 valence electrons. The first-order valence-corrected chi connectivity index (χ1v) is 16.8. The number of carboxylic acid groups (broad SMARTS) is 1. The van der Waals surface area contributed by atoms with Gasteiger partial charge in [-0.3, -0.25) is 4.79 Å². The van der Waals surface area contributed by atoms with Crippen molar-refractivity contribution in [1.29, 1.82) is 0 Å². The summed E-state index contributed by atoms with van der Waals surface area (Å²) in [5, 5.41) is 9.34. The number of amides is 1. The van der Waals surface area contributed by atoms with Crippen LogP contribution in [-0.4, -0.2) is 55.2 Å². The molecule has 0 radical (unpaired) electrons. The van der Waals surface area contributed by atoms with Gasteiger partial charge in [-0.05, 0) is 97.0 Å². The fourth-order valence-electron chi connectivity index (χ4n) is 6.13. The van der Waals surface area contributed by atoms with Crippen LogP contribution in [0.15, 0.2) is 6.07 Å². The van der Waals surface area contributed by atoms with Crippen LogP contribution in [0.5, 0.6) is 0 Å². The van der Waals surface area contributed by atoms with Gasteiger partial charge in [0.25, 0.3) is 0 Å². The highest BCUT2D eigenvalue weighted by atomic mass is 32.2. The zero-order chi connectivity index (χ0) is 28.4. The van der Waals surface area contributed by atoms with Gasteiger partial charge in [-0.2, -0.15) is 0 Å². The standard InChI is InChI=1S/C30H43NO6S2/c1-20-5-7-21(8-6-20)28(32)31(26-19-23(13-16-30(2,3)4)38-27(26)29(33)34)22-9-11-24(12-10-22)39(35,36)25-14-17-37-18-15-25/h19-22,24-25H,5-12,14-15,17-18H2,1-4H3,(H,33,34)/t20-,21-,22-,24-. The SMILES string of the molecule is CC(C)(C)C#Cc1cc(N(C(=O)[C@H]2CC[C@H](C)CC2)[C@H]2CC[C@H](S(=O)(=O)C3CCOCC3)CC2)c(C(=O)O)s1. The second kappa shape index (κ2) is 12.3. The van der Waals surface area contributed by atoms with Gasteiger partial charge in [-0.25, -0.2) is 13.2 Å². The fourth-order valence-corrected chi connectivity index (χ4v) is 9.30. The highest BCUT2D eigenvalue weighted by Gasteiger charge is 2.41. The van der Waals surface area contributed by atoms with E-state index >= 15 is 0 Å². The number of carbonyl (C=O) groups is 2. The third kappa shape index (κ3) is 7.25. The predicted molar refractivity (Wildman–Crippen MR) is 155 cm³/mol. The van der Waals surface area contributed by atoms with Gasteiger partial charge in [0, 0.05) is 30.6 Å². The Balaban J connectivity index is 1.63. The Morgan fingerprint density at radius 3 is 2.13 bits per heavy atom. The maximum atomic E-state index is 14.1. The highest BCUT2D eigenvalue weighted by Crippen LogP contribution is 2.40. The van der Waals surface area contributed by atoms with Gasteiger partial charge in [0.1, 0.15) is 4.88 Å². The van der Waals surface area contributed by atoms with Crippen LogP contribution >= 0.6 is 11.3 Å². The topological polar surface area (TPSA) is 101 Å². The molecule has 0 unspecified atom stereocenters. The average Bonchev–Trinajstić information content (AvgIpc) is 3.33. The number of carboxylic acids is 1. The van der Waals surface area contributed by atoms with Gasteiger partial charge in [0.15, 0.2) is 9.84 Å². The summed E-state index contributed by atoms with van der Waals surface area (Å²) in [5.74, 6) is 5.66. The van der Waals surface area contributed by atoms with Gasteiger partial charge in [-0.1, -0.05) is 18.8 Å². The number of sulfone groups is 1. The van der Waals surface area contributed by atoms with E-state index in [-0.39, 0.29) is 33.4 Å². The normalized spacial score (nSPS) is 26.9. The molecule has 0 bridgehead atoms. The molecule has 1 saturated heterocycles. The summed E-state index contributed by atoms with van der Waals surface area (Å²) >= 11 is 1.11. The number of ether oxygens (including phenoxy) is 1. The van der Waals surface area contributed by atoms with E-state index in [4.69, 9.17) is 4.74 Å². The maximum absolute atomic E-state index is 14.1. The van der Waals surface area contributed by atoms with E-state index in [2.05, 4.69) is 18.8 Å². The summed E-state index contributed by atoms with van der Waals surface area (Å²) in [6, 6.07) is 1.54. The number of carbonyl (C=O) groups excluding carboxylic acids is 1. The number of nitrogens with zero attached hydrogens (tertiary/aromatic N) is 1. The van der Waals surface area contributed by atoms with Crippen LogP contribution in [0.3, 0.4) is 0 Å². The molecule has 3 fully saturated rings. The van der Waals surface area contributed by atoms with Crippen molar-refractivity contribution in [3.8, 4) is 11.8 Å². The van der Waals surface area contributed by atoms with Gasteiger partial charge in [0.2, 0.25) is 5.91 Å². The highest BCUT2D eigenvalue weighted by molar-refractivity contribution is 7.92. The molecule has 39 heavy (non-hydrogen) atoms. The van der Waals surface area contributed by atoms with Crippen LogP contribution in [0.2, 0.25) is 0 Å².